The molecule has 2 atom stereocenters. The van der Waals surface area contributed by atoms with E-state index in [9.17, 15) is 5.11 Å². The number of hydrogen-bond donors (Lipinski definition) is 2. The molecule has 1 saturated heterocycles. The van der Waals surface area contributed by atoms with Crippen molar-refractivity contribution in [2.45, 2.75) is 18.6 Å². The Morgan fingerprint density at radius 2 is 2.29 bits per heavy atom. The lowest BCUT2D eigenvalue weighted by Crippen LogP contribution is -2.39. The minimum absolute atomic E-state index is 0.284. The summed E-state index contributed by atoms with van der Waals surface area (Å²) < 4.78 is 4.94. The Morgan fingerprint density at radius 1 is 1.53 bits per heavy atom. The van der Waals surface area contributed by atoms with Crippen LogP contribution < -0.4 is 5.32 Å². The van der Waals surface area contributed by atoms with Gasteiger partial charge in [-0.3, -0.25) is 4.90 Å². The topological polar surface area (TPSA) is 48.0 Å². The smallest absolute Gasteiger partial charge is 0.0791 e. The van der Waals surface area contributed by atoms with E-state index in [1.165, 1.54) is 6.42 Å². The molecule has 102 valence electrons. The molecule has 5 nitrogen and oxygen atoms in total. The van der Waals surface area contributed by atoms with Crippen molar-refractivity contribution in [3.63, 3.8) is 0 Å². The van der Waals surface area contributed by atoms with E-state index in [0.717, 1.165) is 26.2 Å². The summed E-state index contributed by atoms with van der Waals surface area (Å²) in [5, 5.41) is 13.1. The predicted molar refractivity (Wildman–Crippen MR) is 69.3 cm³/mol. The lowest BCUT2D eigenvalue weighted by Gasteiger charge is -2.22. The number of likely N-dealkylation sites (N-methyl/N-ethyl adjacent to an activating group) is 1. The third-order valence-corrected chi connectivity index (χ3v) is 3.31. The van der Waals surface area contributed by atoms with Crippen molar-refractivity contribution in [1.82, 2.24) is 15.1 Å². The Kier molecular flexibility index (Phi) is 6.99. The molecule has 0 aliphatic carbocycles. The summed E-state index contributed by atoms with van der Waals surface area (Å²) in [6.45, 7) is 5.07. The van der Waals surface area contributed by atoms with Gasteiger partial charge in [-0.15, -0.1) is 0 Å². The molecule has 0 amide bonds. The van der Waals surface area contributed by atoms with Crippen LogP contribution >= 0.6 is 0 Å². The first kappa shape index (κ1) is 14.9. The molecule has 0 saturated carbocycles. The van der Waals surface area contributed by atoms with Gasteiger partial charge in [0.1, 0.15) is 0 Å². The van der Waals surface area contributed by atoms with Crippen LogP contribution in [0.1, 0.15) is 6.42 Å². The van der Waals surface area contributed by atoms with Crippen LogP contribution in [0.4, 0.5) is 0 Å². The molecule has 0 aromatic heterocycles. The van der Waals surface area contributed by atoms with Crippen LogP contribution in [-0.2, 0) is 4.74 Å². The van der Waals surface area contributed by atoms with Gasteiger partial charge in [-0.25, -0.2) is 0 Å². The summed E-state index contributed by atoms with van der Waals surface area (Å²) in [6, 6.07) is 0.642. The zero-order chi connectivity index (χ0) is 12.7. The Balaban J connectivity index is 2.08. The molecule has 0 aromatic rings. The van der Waals surface area contributed by atoms with Crippen molar-refractivity contribution in [2.24, 2.45) is 0 Å². The van der Waals surface area contributed by atoms with E-state index >= 15 is 0 Å². The number of aliphatic hydroxyl groups is 1. The van der Waals surface area contributed by atoms with E-state index in [0.29, 0.717) is 19.2 Å². The summed E-state index contributed by atoms with van der Waals surface area (Å²) in [5.41, 5.74) is 0. The summed E-state index contributed by atoms with van der Waals surface area (Å²) in [6.07, 6.45) is 0.921. The maximum absolute atomic E-state index is 9.88. The molecule has 0 radical (unpaired) electrons. The Hall–Kier alpha value is -0.200. The third kappa shape index (κ3) is 5.79. The monoisotopic (exact) mass is 245 g/mol. The standard InChI is InChI=1S/C12H27N3O2/c1-14(2)11-4-6-15(9-11)10-12(16)8-13-5-7-17-3/h11-13,16H,4-10H2,1-3H3. The Labute approximate surface area is 105 Å². The molecule has 2 unspecified atom stereocenters. The summed E-state index contributed by atoms with van der Waals surface area (Å²) >= 11 is 0. The zero-order valence-corrected chi connectivity index (χ0v) is 11.4. The van der Waals surface area contributed by atoms with Crippen molar-refractivity contribution in [2.75, 3.05) is 60.5 Å². The number of nitrogens with one attached hydrogen (secondary N) is 1. The molecule has 1 aliphatic rings. The Bertz CT molecular complexity index is 202. The molecule has 1 rings (SSSR count). The summed E-state index contributed by atoms with van der Waals surface area (Å²) in [5.74, 6) is 0. The molecule has 17 heavy (non-hydrogen) atoms. The number of methoxy groups -OCH3 is 1. The molecule has 1 heterocycles. The maximum atomic E-state index is 9.88. The Morgan fingerprint density at radius 3 is 2.88 bits per heavy atom. The first-order chi connectivity index (χ1) is 8.13. The number of aliphatic hydroxyl groups excluding tert-OH is 1. The first-order valence-electron chi connectivity index (χ1n) is 6.40. The molecule has 1 fully saturated rings. The fourth-order valence-corrected chi connectivity index (χ4v) is 2.21. The van der Waals surface area contributed by atoms with Gasteiger partial charge >= 0.3 is 0 Å². The molecule has 5 heteroatoms. The van der Waals surface area contributed by atoms with Crippen molar-refractivity contribution < 1.29 is 9.84 Å². The molecule has 0 aromatic carbocycles. The molecular weight excluding hydrogens is 218 g/mol. The van der Waals surface area contributed by atoms with Crippen molar-refractivity contribution in [1.29, 1.82) is 0 Å². The lowest BCUT2D eigenvalue weighted by molar-refractivity contribution is 0.116. The van der Waals surface area contributed by atoms with Gasteiger partial charge in [0.15, 0.2) is 0 Å². The van der Waals surface area contributed by atoms with Gasteiger partial charge in [0, 0.05) is 39.3 Å². The zero-order valence-electron chi connectivity index (χ0n) is 11.4. The minimum atomic E-state index is -0.284. The van der Waals surface area contributed by atoms with Gasteiger partial charge in [-0.2, -0.15) is 0 Å². The van der Waals surface area contributed by atoms with Gasteiger partial charge in [-0.05, 0) is 27.1 Å². The number of hydrogen-bond acceptors (Lipinski definition) is 5. The second kappa shape index (κ2) is 8.00. The summed E-state index contributed by atoms with van der Waals surface area (Å²) in [4.78, 5) is 4.61. The van der Waals surface area contributed by atoms with E-state index in [4.69, 9.17) is 4.74 Å². The SMILES string of the molecule is COCCNCC(O)CN1CCC(N(C)C)C1. The summed E-state index contributed by atoms with van der Waals surface area (Å²) in [7, 11) is 5.93. The second-order valence-corrected chi connectivity index (χ2v) is 5.02. The number of nitrogens with zero attached hydrogens (tertiary/aromatic N) is 2. The molecular formula is C12H27N3O2. The van der Waals surface area contributed by atoms with Crippen molar-refractivity contribution in [3.8, 4) is 0 Å². The maximum Gasteiger partial charge on any atom is 0.0791 e. The van der Waals surface area contributed by atoms with Crippen LogP contribution in [0, 0.1) is 0 Å². The van der Waals surface area contributed by atoms with E-state index in [1.807, 2.05) is 0 Å². The third-order valence-electron chi connectivity index (χ3n) is 3.31. The highest BCUT2D eigenvalue weighted by Crippen LogP contribution is 2.12. The minimum Gasteiger partial charge on any atom is -0.390 e. The normalized spacial score (nSPS) is 23.5. The van der Waals surface area contributed by atoms with Crippen LogP contribution in [0.2, 0.25) is 0 Å². The van der Waals surface area contributed by atoms with Crippen LogP contribution in [-0.4, -0.2) is 87.6 Å². The fraction of sp³-hybridized carbons (Fsp3) is 1.00. The van der Waals surface area contributed by atoms with Crippen LogP contribution in [0.15, 0.2) is 0 Å². The number of ether oxygens (including phenoxy) is 1. The van der Waals surface area contributed by atoms with E-state index < -0.39 is 0 Å². The molecule has 2 N–H and O–H groups in total. The second-order valence-electron chi connectivity index (χ2n) is 5.02. The van der Waals surface area contributed by atoms with Crippen LogP contribution in [0.5, 0.6) is 0 Å². The largest absolute Gasteiger partial charge is 0.390 e. The highest BCUT2D eigenvalue weighted by atomic mass is 16.5. The quantitative estimate of drug-likeness (QED) is 0.549. The van der Waals surface area contributed by atoms with E-state index in [-0.39, 0.29) is 6.10 Å². The van der Waals surface area contributed by atoms with Gasteiger partial charge in [0.2, 0.25) is 0 Å². The number of likely N-dealkylation sites (tertiary alicyclic amines) is 1. The molecule has 1 aliphatic heterocycles. The number of β-amino-alcohol motifs (C(OH)–C–C–N with tert-alkyl or cyclic N) is 1. The fourth-order valence-electron chi connectivity index (χ4n) is 2.21. The van der Waals surface area contributed by atoms with Crippen LogP contribution in [0.25, 0.3) is 0 Å². The van der Waals surface area contributed by atoms with E-state index in [2.05, 4.69) is 29.2 Å². The molecule has 0 spiro atoms. The predicted octanol–water partition coefficient (Wildman–Crippen LogP) is -0.781. The van der Waals surface area contributed by atoms with Gasteiger partial charge < -0.3 is 20.1 Å². The first-order valence-corrected chi connectivity index (χ1v) is 6.40. The van der Waals surface area contributed by atoms with Gasteiger partial charge in [-0.1, -0.05) is 0 Å². The molecule has 0 bridgehead atoms. The van der Waals surface area contributed by atoms with Gasteiger partial charge in [0.25, 0.3) is 0 Å². The highest BCUT2D eigenvalue weighted by molar-refractivity contribution is 4.82. The average molecular weight is 245 g/mol. The van der Waals surface area contributed by atoms with Crippen LogP contribution in [0.3, 0.4) is 0 Å². The number of rotatable bonds is 8. The van der Waals surface area contributed by atoms with Crippen molar-refractivity contribution in [3.05, 3.63) is 0 Å². The lowest BCUT2D eigenvalue weighted by atomic mass is 10.2. The van der Waals surface area contributed by atoms with E-state index in [1.54, 1.807) is 7.11 Å². The van der Waals surface area contributed by atoms with Gasteiger partial charge in [0.05, 0.1) is 12.7 Å². The average Bonchev–Trinajstić information content (AvgIpc) is 2.73. The highest BCUT2D eigenvalue weighted by Gasteiger charge is 2.24. The van der Waals surface area contributed by atoms with Crippen molar-refractivity contribution >= 4 is 0 Å².